The maximum absolute atomic E-state index is 5.24. The van der Waals surface area contributed by atoms with Crippen LogP contribution in [0, 0.1) is 12.3 Å². The van der Waals surface area contributed by atoms with E-state index in [4.69, 9.17) is 6.42 Å². The lowest BCUT2D eigenvalue weighted by atomic mass is 10.2. The Kier molecular flexibility index (Phi) is 9.20. The van der Waals surface area contributed by atoms with Crippen molar-refractivity contribution < 1.29 is 0 Å². The summed E-state index contributed by atoms with van der Waals surface area (Å²) >= 11 is 1.78. The summed E-state index contributed by atoms with van der Waals surface area (Å²) in [5.41, 5.74) is 0. The highest BCUT2D eigenvalue weighted by Crippen LogP contribution is 2.17. The molecule has 0 amide bonds. The Morgan fingerprint density at radius 3 is 2.90 bits per heavy atom. The number of guanidine groups is 1. The van der Waals surface area contributed by atoms with Crippen LogP contribution >= 0.6 is 35.7 Å². The standard InChI is InChI=1S/C15H24N4S.HI/c1-3-11-20-12-7-17-15(16-2)19-10-6-14(13-19)18-8-4-5-9-18;/h1,4-5,14H,6-13H2,2H3,(H,16,17);1H. The lowest BCUT2D eigenvalue weighted by molar-refractivity contribution is 0.259. The Morgan fingerprint density at radius 2 is 2.24 bits per heavy atom. The molecule has 0 aromatic heterocycles. The molecule has 0 radical (unpaired) electrons. The van der Waals surface area contributed by atoms with E-state index in [0.717, 1.165) is 50.2 Å². The number of aliphatic imine (C=N–C) groups is 1. The summed E-state index contributed by atoms with van der Waals surface area (Å²) in [6.07, 6.45) is 11.0. The van der Waals surface area contributed by atoms with E-state index in [1.54, 1.807) is 11.8 Å². The third-order valence-electron chi connectivity index (χ3n) is 3.75. The minimum absolute atomic E-state index is 0. The van der Waals surface area contributed by atoms with E-state index in [9.17, 15) is 0 Å². The molecule has 21 heavy (non-hydrogen) atoms. The molecule has 0 aromatic carbocycles. The fraction of sp³-hybridized carbons (Fsp3) is 0.667. The molecule has 0 bridgehead atoms. The largest absolute Gasteiger partial charge is 0.355 e. The summed E-state index contributed by atoms with van der Waals surface area (Å²) in [6, 6.07) is 0.666. The lowest BCUT2D eigenvalue weighted by Crippen LogP contribution is -2.43. The van der Waals surface area contributed by atoms with E-state index in [0.29, 0.717) is 6.04 Å². The molecule has 0 saturated carbocycles. The van der Waals surface area contributed by atoms with Gasteiger partial charge in [-0.05, 0) is 6.42 Å². The van der Waals surface area contributed by atoms with Gasteiger partial charge in [0.05, 0.1) is 5.75 Å². The van der Waals surface area contributed by atoms with Crippen molar-refractivity contribution in [2.45, 2.75) is 12.5 Å². The minimum atomic E-state index is 0. The average molecular weight is 420 g/mol. The van der Waals surface area contributed by atoms with Crippen LogP contribution in [0.4, 0.5) is 0 Å². The van der Waals surface area contributed by atoms with Crippen LogP contribution < -0.4 is 5.32 Å². The van der Waals surface area contributed by atoms with Crippen LogP contribution in [0.1, 0.15) is 6.42 Å². The number of terminal acetylenes is 1. The molecule has 1 unspecified atom stereocenters. The molecule has 1 atom stereocenters. The first-order chi connectivity index (χ1) is 9.85. The van der Waals surface area contributed by atoms with Gasteiger partial charge in [0.2, 0.25) is 0 Å². The Bertz CT molecular complexity index is 397. The van der Waals surface area contributed by atoms with Crippen molar-refractivity contribution in [2.75, 3.05) is 51.3 Å². The Balaban J connectivity index is 0.00000220. The van der Waals surface area contributed by atoms with Gasteiger partial charge >= 0.3 is 0 Å². The molecule has 1 saturated heterocycles. The highest BCUT2D eigenvalue weighted by Gasteiger charge is 2.29. The SMILES string of the molecule is C#CCSCCNC(=NC)N1CCC(N2CC=CC2)C1.I. The second-order valence-electron chi connectivity index (χ2n) is 5.04. The van der Waals surface area contributed by atoms with Crippen LogP contribution in [0.5, 0.6) is 0 Å². The first-order valence-electron chi connectivity index (χ1n) is 7.21. The van der Waals surface area contributed by atoms with E-state index >= 15 is 0 Å². The molecule has 2 heterocycles. The van der Waals surface area contributed by atoms with Crippen LogP contribution in [-0.4, -0.2) is 73.1 Å². The summed E-state index contributed by atoms with van der Waals surface area (Å²) in [4.78, 5) is 9.30. The van der Waals surface area contributed by atoms with Crippen molar-refractivity contribution in [1.29, 1.82) is 0 Å². The molecular formula is C15H25IN4S. The maximum Gasteiger partial charge on any atom is 0.193 e. The minimum Gasteiger partial charge on any atom is -0.355 e. The van der Waals surface area contributed by atoms with Gasteiger partial charge in [0.25, 0.3) is 0 Å². The molecule has 2 rings (SSSR count). The molecule has 0 aromatic rings. The summed E-state index contributed by atoms with van der Waals surface area (Å²) in [5.74, 6) is 5.48. The van der Waals surface area contributed by atoms with Crippen molar-refractivity contribution >= 4 is 41.7 Å². The van der Waals surface area contributed by atoms with Gasteiger partial charge in [-0.3, -0.25) is 9.89 Å². The molecule has 2 aliphatic rings. The molecule has 0 spiro atoms. The van der Waals surface area contributed by atoms with Gasteiger partial charge in [0.1, 0.15) is 0 Å². The molecular weight excluding hydrogens is 395 g/mol. The molecule has 2 aliphatic heterocycles. The first-order valence-corrected chi connectivity index (χ1v) is 8.36. The summed E-state index contributed by atoms with van der Waals surface area (Å²) < 4.78 is 0. The number of likely N-dealkylation sites (tertiary alicyclic amines) is 1. The normalized spacial score (nSPS) is 22.2. The Morgan fingerprint density at radius 1 is 1.48 bits per heavy atom. The number of rotatable bonds is 5. The molecule has 1 fully saturated rings. The van der Waals surface area contributed by atoms with Crippen LogP contribution in [0.15, 0.2) is 17.1 Å². The van der Waals surface area contributed by atoms with Gasteiger partial charge in [0.15, 0.2) is 5.96 Å². The van der Waals surface area contributed by atoms with Crippen molar-refractivity contribution in [1.82, 2.24) is 15.1 Å². The van der Waals surface area contributed by atoms with E-state index in [1.165, 1.54) is 6.42 Å². The van der Waals surface area contributed by atoms with Gasteiger partial charge in [-0.25, -0.2) is 0 Å². The van der Waals surface area contributed by atoms with Crippen LogP contribution in [0.25, 0.3) is 0 Å². The third kappa shape index (κ3) is 5.72. The summed E-state index contributed by atoms with van der Waals surface area (Å²) in [5, 5.41) is 3.43. The number of hydrogen-bond acceptors (Lipinski definition) is 3. The topological polar surface area (TPSA) is 30.9 Å². The van der Waals surface area contributed by atoms with Gasteiger partial charge in [-0.15, -0.1) is 42.2 Å². The van der Waals surface area contributed by atoms with Crippen molar-refractivity contribution in [3.8, 4) is 12.3 Å². The van der Waals surface area contributed by atoms with E-state index in [-0.39, 0.29) is 24.0 Å². The number of nitrogens with one attached hydrogen (secondary N) is 1. The summed E-state index contributed by atoms with van der Waals surface area (Å²) in [6.45, 7) is 5.31. The van der Waals surface area contributed by atoms with Crippen LogP contribution in [0.2, 0.25) is 0 Å². The molecule has 6 heteroatoms. The van der Waals surface area contributed by atoms with E-state index in [1.807, 2.05) is 7.05 Å². The molecule has 1 N–H and O–H groups in total. The van der Waals surface area contributed by atoms with E-state index in [2.05, 4.69) is 38.2 Å². The van der Waals surface area contributed by atoms with Gasteiger partial charge in [-0.2, -0.15) is 0 Å². The maximum atomic E-state index is 5.24. The predicted octanol–water partition coefficient (Wildman–Crippen LogP) is 1.49. The molecule has 4 nitrogen and oxygen atoms in total. The quantitative estimate of drug-likeness (QED) is 0.182. The Labute approximate surface area is 149 Å². The zero-order chi connectivity index (χ0) is 14.2. The predicted molar refractivity (Wildman–Crippen MR) is 104 cm³/mol. The molecule has 0 aliphatic carbocycles. The fourth-order valence-corrected chi connectivity index (χ4v) is 3.23. The number of nitrogens with zero attached hydrogens (tertiary/aromatic N) is 3. The highest BCUT2D eigenvalue weighted by molar-refractivity contribution is 14.0. The van der Waals surface area contributed by atoms with Crippen molar-refractivity contribution in [3.63, 3.8) is 0 Å². The lowest BCUT2D eigenvalue weighted by Gasteiger charge is -2.25. The van der Waals surface area contributed by atoms with Gasteiger partial charge in [-0.1, -0.05) is 18.1 Å². The van der Waals surface area contributed by atoms with E-state index < -0.39 is 0 Å². The number of hydrogen-bond donors (Lipinski definition) is 1. The second kappa shape index (κ2) is 10.4. The highest BCUT2D eigenvalue weighted by atomic mass is 127. The zero-order valence-corrected chi connectivity index (χ0v) is 15.8. The van der Waals surface area contributed by atoms with Gasteiger partial charge < -0.3 is 10.2 Å². The molecule has 118 valence electrons. The van der Waals surface area contributed by atoms with Crippen molar-refractivity contribution in [3.05, 3.63) is 12.2 Å². The smallest absolute Gasteiger partial charge is 0.193 e. The second-order valence-corrected chi connectivity index (χ2v) is 6.15. The van der Waals surface area contributed by atoms with Crippen LogP contribution in [0.3, 0.4) is 0 Å². The summed E-state index contributed by atoms with van der Waals surface area (Å²) in [7, 11) is 1.86. The van der Waals surface area contributed by atoms with Crippen LogP contribution in [-0.2, 0) is 0 Å². The monoisotopic (exact) mass is 420 g/mol. The van der Waals surface area contributed by atoms with Crippen molar-refractivity contribution in [2.24, 2.45) is 4.99 Å². The first kappa shape index (κ1) is 18.7. The number of halogens is 1. The fourth-order valence-electron chi connectivity index (χ4n) is 2.72. The Hall–Kier alpha value is -0.390. The third-order valence-corrected chi connectivity index (χ3v) is 4.62. The zero-order valence-electron chi connectivity index (χ0n) is 12.6. The average Bonchev–Trinajstić information content (AvgIpc) is 3.12. The van der Waals surface area contributed by atoms with Gasteiger partial charge in [0, 0.05) is 51.6 Å². The number of thioether (sulfide) groups is 1.